The van der Waals surface area contributed by atoms with E-state index in [1.165, 1.54) is 38.5 Å². The van der Waals surface area contributed by atoms with E-state index >= 15 is 0 Å². The van der Waals surface area contributed by atoms with E-state index in [-0.39, 0.29) is 29.6 Å². The monoisotopic (exact) mass is 469 g/mol. The summed E-state index contributed by atoms with van der Waals surface area (Å²) in [5, 5.41) is 17.8. The van der Waals surface area contributed by atoms with Gasteiger partial charge in [-0.2, -0.15) is 5.10 Å². The first-order chi connectivity index (χ1) is 16.2. The molecule has 1 aromatic rings. The topological polar surface area (TPSA) is 84.2 Å². The van der Waals surface area contributed by atoms with Gasteiger partial charge >= 0.3 is 0 Å². The zero-order valence-corrected chi connectivity index (χ0v) is 21.3. The molecule has 1 heterocycles. The lowest BCUT2D eigenvalue weighted by Gasteiger charge is -2.55. The Morgan fingerprint density at radius 2 is 1.88 bits per heavy atom. The number of amides is 1. The maximum absolute atomic E-state index is 13.5. The third kappa shape index (κ3) is 4.25. The molecule has 2 N–H and O–H groups in total. The van der Waals surface area contributed by atoms with Gasteiger partial charge in [-0.1, -0.05) is 19.8 Å². The van der Waals surface area contributed by atoms with Crippen molar-refractivity contribution in [3.63, 3.8) is 0 Å². The van der Waals surface area contributed by atoms with Gasteiger partial charge < -0.3 is 10.4 Å². The lowest BCUT2D eigenvalue weighted by atomic mass is 9.49. The van der Waals surface area contributed by atoms with Crippen LogP contribution in [0.2, 0.25) is 0 Å². The molecule has 188 valence electrons. The van der Waals surface area contributed by atoms with Crippen molar-refractivity contribution in [3.8, 4) is 0 Å². The highest BCUT2D eigenvalue weighted by Crippen LogP contribution is 2.64. The van der Waals surface area contributed by atoms with Crippen molar-refractivity contribution >= 4 is 11.7 Å². The largest absolute Gasteiger partial charge is 0.390 e. The van der Waals surface area contributed by atoms with Gasteiger partial charge in [-0.3, -0.25) is 14.3 Å². The molecule has 1 aromatic heterocycles. The van der Waals surface area contributed by atoms with E-state index in [1.807, 2.05) is 0 Å². The summed E-state index contributed by atoms with van der Waals surface area (Å²) in [5.74, 6) is 3.81. The molecule has 6 nitrogen and oxygen atoms in total. The van der Waals surface area contributed by atoms with Crippen LogP contribution in [0.3, 0.4) is 0 Å². The summed E-state index contributed by atoms with van der Waals surface area (Å²) in [6.45, 7) is 4.72. The van der Waals surface area contributed by atoms with Crippen LogP contribution >= 0.6 is 0 Å². The fourth-order valence-electron chi connectivity index (χ4n) is 9.00. The van der Waals surface area contributed by atoms with Gasteiger partial charge in [0.05, 0.1) is 23.9 Å². The fraction of sp³-hybridized carbons (Fsp3) is 0.821. The van der Waals surface area contributed by atoms with Crippen molar-refractivity contribution in [3.05, 3.63) is 18.0 Å². The van der Waals surface area contributed by atoms with Gasteiger partial charge in [0.15, 0.2) is 5.78 Å². The molecule has 0 saturated heterocycles. The predicted octanol–water partition coefficient (Wildman–Crippen LogP) is 4.61. The second-order valence-electron chi connectivity index (χ2n) is 12.5. The molecule has 5 rings (SSSR count). The van der Waals surface area contributed by atoms with Crippen molar-refractivity contribution in [2.75, 3.05) is 7.05 Å². The average molecular weight is 470 g/mol. The molecule has 0 bridgehead atoms. The van der Waals surface area contributed by atoms with E-state index in [2.05, 4.69) is 24.3 Å². The van der Waals surface area contributed by atoms with Crippen molar-refractivity contribution in [2.45, 2.75) is 96.6 Å². The maximum Gasteiger partial charge on any atom is 0.254 e. The number of nitrogens with one attached hydrogen (secondary N) is 1. The molecule has 0 radical (unpaired) electrons. The molecule has 0 spiro atoms. The fourth-order valence-corrected chi connectivity index (χ4v) is 9.00. The Kier molecular flexibility index (Phi) is 6.41. The maximum atomic E-state index is 13.5. The average Bonchev–Trinajstić information content (AvgIpc) is 3.39. The van der Waals surface area contributed by atoms with E-state index in [0.717, 1.165) is 49.9 Å². The third-order valence-electron chi connectivity index (χ3n) is 10.6. The Labute approximate surface area is 204 Å². The van der Waals surface area contributed by atoms with Crippen LogP contribution in [0.1, 0.15) is 94.8 Å². The number of ketones is 1. The number of hydrogen-bond donors (Lipinski definition) is 2. The summed E-state index contributed by atoms with van der Waals surface area (Å²) in [6, 6.07) is 0. The second kappa shape index (κ2) is 9.07. The van der Waals surface area contributed by atoms with Crippen LogP contribution in [0.4, 0.5) is 0 Å². The predicted molar refractivity (Wildman–Crippen MR) is 131 cm³/mol. The van der Waals surface area contributed by atoms with E-state index < -0.39 is 5.60 Å². The van der Waals surface area contributed by atoms with Crippen molar-refractivity contribution in [2.24, 2.45) is 40.9 Å². The summed E-state index contributed by atoms with van der Waals surface area (Å²) < 4.78 is 1.64. The van der Waals surface area contributed by atoms with Gasteiger partial charge in [0.25, 0.3) is 5.91 Å². The minimum absolute atomic E-state index is 0.0922. The normalized spacial score (nSPS) is 42.0. The molecule has 0 unspecified atom stereocenters. The number of nitrogens with zero attached hydrogens (tertiary/aromatic N) is 2. The second-order valence-corrected chi connectivity index (χ2v) is 12.5. The highest BCUT2D eigenvalue weighted by Gasteiger charge is 2.58. The van der Waals surface area contributed by atoms with E-state index in [9.17, 15) is 14.7 Å². The van der Waals surface area contributed by atoms with E-state index in [0.29, 0.717) is 17.4 Å². The Bertz CT molecular complexity index is 924. The zero-order chi connectivity index (χ0) is 24.1. The quantitative estimate of drug-likeness (QED) is 0.674. The molecule has 6 heteroatoms. The van der Waals surface area contributed by atoms with Crippen LogP contribution in [0.15, 0.2) is 12.4 Å². The summed E-state index contributed by atoms with van der Waals surface area (Å²) in [7, 11) is 1.60. The van der Waals surface area contributed by atoms with Crippen LogP contribution in [-0.2, 0) is 11.3 Å². The minimum Gasteiger partial charge on any atom is -0.390 e. The van der Waals surface area contributed by atoms with Crippen molar-refractivity contribution < 1.29 is 14.7 Å². The van der Waals surface area contributed by atoms with Crippen LogP contribution in [0.25, 0.3) is 0 Å². The van der Waals surface area contributed by atoms with Crippen LogP contribution in [-0.4, -0.2) is 39.2 Å². The standard InChI is InChI=1S/C28H43N3O3/c1-27(34)12-5-4-6-20-18(14-27)7-8-22-21(20)11-13-28(2)23(22)9-10-24(28)25(32)17-31-16-19(15-30-31)26(33)29-3/h15-16,18,20-24,34H,4-14,17H2,1-3H3,(H,29,33)/t18-,20+,21+,22+,23-,24+,27+,28-/m0/s1. The minimum atomic E-state index is -0.492. The number of carbonyl (C=O) groups excluding carboxylic acids is 2. The number of aliphatic hydroxyl groups is 1. The van der Waals surface area contributed by atoms with Gasteiger partial charge in [0, 0.05) is 19.2 Å². The Morgan fingerprint density at radius 3 is 2.68 bits per heavy atom. The molecule has 8 atom stereocenters. The van der Waals surface area contributed by atoms with Crippen molar-refractivity contribution in [1.29, 1.82) is 0 Å². The van der Waals surface area contributed by atoms with Gasteiger partial charge in [0.1, 0.15) is 0 Å². The van der Waals surface area contributed by atoms with Gasteiger partial charge in [-0.05, 0) is 99.7 Å². The Hall–Kier alpha value is -1.69. The van der Waals surface area contributed by atoms with Crippen molar-refractivity contribution in [1.82, 2.24) is 15.1 Å². The van der Waals surface area contributed by atoms with Crippen LogP contribution in [0, 0.1) is 40.9 Å². The number of Topliss-reactive ketones (excluding diaryl/α,β-unsaturated/α-hetero) is 1. The molecule has 1 amide bonds. The molecule has 4 saturated carbocycles. The zero-order valence-electron chi connectivity index (χ0n) is 21.3. The molecular formula is C28H43N3O3. The SMILES string of the molecule is CNC(=O)c1cnn(CC(=O)[C@H]2CC[C@H]3[C@@H]4CC[C@H]5C[C@](C)(O)CCCC[C@H]5[C@H]4CC[C@]23C)c1. The highest BCUT2D eigenvalue weighted by molar-refractivity contribution is 5.93. The summed E-state index contributed by atoms with van der Waals surface area (Å²) in [4.78, 5) is 25.3. The number of hydrogen-bond acceptors (Lipinski definition) is 4. The first-order valence-electron chi connectivity index (χ1n) is 13.7. The molecule has 4 aliphatic carbocycles. The third-order valence-corrected chi connectivity index (χ3v) is 10.6. The number of aromatic nitrogens is 2. The molecule has 4 aliphatic rings. The van der Waals surface area contributed by atoms with Gasteiger partial charge in [-0.25, -0.2) is 0 Å². The molecule has 0 aromatic carbocycles. The number of carbonyl (C=O) groups is 2. The van der Waals surface area contributed by atoms with Gasteiger partial charge in [-0.15, -0.1) is 0 Å². The first kappa shape index (κ1) is 24.0. The lowest BCUT2D eigenvalue weighted by molar-refractivity contribution is -0.131. The number of rotatable bonds is 4. The summed E-state index contributed by atoms with van der Waals surface area (Å²) in [6.07, 6.45) is 16.0. The van der Waals surface area contributed by atoms with E-state index in [4.69, 9.17) is 0 Å². The van der Waals surface area contributed by atoms with Crippen LogP contribution in [0.5, 0.6) is 0 Å². The summed E-state index contributed by atoms with van der Waals surface area (Å²) in [5.41, 5.74) is 0.102. The van der Waals surface area contributed by atoms with Gasteiger partial charge in [0.2, 0.25) is 0 Å². The van der Waals surface area contributed by atoms with E-state index in [1.54, 1.807) is 24.1 Å². The number of fused-ring (bicyclic) bond motifs is 5. The molecule has 4 fully saturated rings. The molecular weight excluding hydrogens is 426 g/mol. The smallest absolute Gasteiger partial charge is 0.254 e. The highest BCUT2D eigenvalue weighted by atomic mass is 16.3. The first-order valence-corrected chi connectivity index (χ1v) is 13.7. The molecule has 0 aliphatic heterocycles. The lowest BCUT2D eigenvalue weighted by Crippen LogP contribution is -2.49. The Morgan fingerprint density at radius 1 is 1.06 bits per heavy atom. The van der Waals surface area contributed by atoms with Crippen LogP contribution < -0.4 is 5.32 Å². The summed E-state index contributed by atoms with van der Waals surface area (Å²) >= 11 is 0. The Balaban J connectivity index is 1.29. The molecule has 34 heavy (non-hydrogen) atoms.